The molecule has 0 aliphatic rings. The summed E-state index contributed by atoms with van der Waals surface area (Å²) in [5.41, 5.74) is 0. The van der Waals surface area contributed by atoms with Crippen molar-refractivity contribution in [1.29, 1.82) is 0 Å². The summed E-state index contributed by atoms with van der Waals surface area (Å²) < 4.78 is 0. The Kier molecular flexibility index (Phi) is 3.79. The maximum atomic E-state index is 10.3. The van der Waals surface area contributed by atoms with Gasteiger partial charge in [-0.3, -0.25) is 10.1 Å². The van der Waals surface area contributed by atoms with Crippen LogP contribution in [-0.2, 0) is 4.79 Å². The van der Waals surface area contributed by atoms with Crippen LogP contribution in [0.15, 0.2) is 0 Å². The SMILES string of the molecule is O=C(O)NC(=O)CCCl. The molecule has 2 amide bonds. The van der Waals surface area contributed by atoms with Crippen LogP contribution in [0, 0.1) is 0 Å². The second-order valence-electron chi connectivity index (χ2n) is 1.29. The van der Waals surface area contributed by atoms with Gasteiger partial charge in [-0.25, -0.2) is 4.79 Å². The van der Waals surface area contributed by atoms with Gasteiger partial charge in [-0.1, -0.05) is 0 Å². The van der Waals surface area contributed by atoms with Crippen LogP contribution in [0.3, 0.4) is 0 Å². The quantitative estimate of drug-likeness (QED) is 0.562. The lowest BCUT2D eigenvalue weighted by Gasteiger charge is -1.93. The van der Waals surface area contributed by atoms with Crippen molar-refractivity contribution in [3.05, 3.63) is 0 Å². The summed E-state index contributed by atoms with van der Waals surface area (Å²) in [6.07, 6.45) is -1.31. The first kappa shape index (κ1) is 8.23. The highest BCUT2D eigenvalue weighted by Gasteiger charge is 2.02. The Morgan fingerprint density at radius 1 is 1.56 bits per heavy atom. The Hall–Kier alpha value is -0.770. The molecule has 0 spiro atoms. The number of imide groups is 1. The average Bonchev–Trinajstić information content (AvgIpc) is 1.63. The van der Waals surface area contributed by atoms with Gasteiger partial charge in [-0.05, 0) is 0 Å². The van der Waals surface area contributed by atoms with Gasteiger partial charge in [0.1, 0.15) is 0 Å². The fourth-order valence-electron chi connectivity index (χ4n) is 0.268. The van der Waals surface area contributed by atoms with E-state index in [9.17, 15) is 9.59 Å². The van der Waals surface area contributed by atoms with Crippen LogP contribution in [0.5, 0.6) is 0 Å². The molecule has 0 aromatic carbocycles. The molecule has 0 aliphatic carbocycles. The molecule has 2 N–H and O–H groups in total. The number of carbonyl (C=O) groups is 2. The standard InChI is InChI=1S/C4H6ClNO3/c5-2-1-3(7)6-4(8)9/h1-2H2,(H,6,7)(H,8,9). The molecule has 0 unspecified atom stereocenters. The van der Waals surface area contributed by atoms with Gasteiger partial charge < -0.3 is 5.11 Å². The van der Waals surface area contributed by atoms with Gasteiger partial charge in [0.15, 0.2) is 0 Å². The van der Waals surface area contributed by atoms with E-state index in [1.54, 1.807) is 5.32 Å². The Labute approximate surface area is 56.8 Å². The fourth-order valence-corrected chi connectivity index (χ4v) is 0.439. The van der Waals surface area contributed by atoms with Crippen molar-refractivity contribution in [3.8, 4) is 0 Å². The summed E-state index contributed by atoms with van der Waals surface area (Å²) in [4.78, 5) is 20.0. The van der Waals surface area contributed by atoms with E-state index in [1.165, 1.54) is 0 Å². The molecule has 0 aliphatic heterocycles. The van der Waals surface area contributed by atoms with Crippen LogP contribution in [0.2, 0.25) is 0 Å². The van der Waals surface area contributed by atoms with Gasteiger partial charge in [0, 0.05) is 12.3 Å². The highest BCUT2D eigenvalue weighted by molar-refractivity contribution is 6.19. The van der Waals surface area contributed by atoms with Crippen LogP contribution in [-0.4, -0.2) is 23.0 Å². The van der Waals surface area contributed by atoms with E-state index in [0.717, 1.165) is 0 Å². The summed E-state index contributed by atoms with van der Waals surface area (Å²) in [7, 11) is 0. The molecule has 0 saturated carbocycles. The lowest BCUT2D eigenvalue weighted by Crippen LogP contribution is -2.28. The molecule has 0 rings (SSSR count). The van der Waals surface area contributed by atoms with E-state index in [2.05, 4.69) is 0 Å². The van der Waals surface area contributed by atoms with Crippen molar-refractivity contribution in [2.45, 2.75) is 6.42 Å². The van der Waals surface area contributed by atoms with Gasteiger partial charge in [-0.2, -0.15) is 0 Å². The summed E-state index contributed by atoms with van der Waals surface area (Å²) >= 11 is 5.13. The first-order valence-corrected chi connectivity index (χ1v) is 2.79. The Morgan fingerprint density at radius 2 is 2.11 bits per heavy atom. The second-order valence-corrected chi connectivity index (χ2v) is 1.67. The minimum absolute atomic E-state index is 0.0356. The number of carbonyl (C=O) groups excluding carboxylic acids is 1. The number of halogens is 1. The molecule has 0 saturated heterocycles. The lowest BCUT2D eigenvalue weighted by atomic mass is 10.5. The molecule has 52 valence electrons. The van der Waals surface area contributed by atoms with Crippen LogP contribution >= 0.6 is 11.6 Å². The normalized spacial score (nSPS) is 8.56. The number of alkyl halides is 1. The molecule has 0 aromatic heterocycles. The Morgan fingerprint density at radius 3 is 2.44 bits per heavy atom. The molecule has 4 nitrogen and oxygen atoms in total. The molecule has 0 heterocycles. The molecular formula is C4H6ClNO3. The van der Waals surface area contributed by atoms with Crippen molar-refractivity contribution in [2.75, 3.05) is 5.88 Å². The minimum Gasteiger partial charge on any atom is -0.465 e. The zero-order valence-corrected chi connectivity index (χ0v) is 5.31. The average molecular weight is 152 g/mol. The van der Waals surface area contributed by atoms with Crippen LogP contribution < -0.4 is 5.32 Å². The van der Waals surface area contributed by atoms with Crippen LogP contribution in [0.25, 0.3) is 0 Å². The highest BCUT2D eigenvalue weighted by atomic mass is 35.5. The zero-order valence-electron chi connectivity index (χ0n) is 4.56. The van der Waals surface area contributed by atoms with Gasteiger partial charge in [-0.15, -0.1) is 11.6 Å². The van der Waals surface area contributed by atoms with E-state index < -0.39 is 12.0 Å². The van der Waals surface area contributed by atoms with Crippen molar-refractivity contribution in [2.24, 2.45) is 0 Å². The van der Waals surface area contributed by atoms with E-state index >= 15 is 0 Å². The monoisotopic (exact) mass is 151 g/mol. The van der Waals surface area contributed by atoms with E-state index in [0.29, 0.717) is 0 Å². The van der Waals surface area contributed by atoms with Crippen molar-refractivity contribution in [1.82, 2.24) is 5.32 Å². The van der Waals surface area contributed by atoms with Gasteiger partial charge in [0.2, 0.25) is 5.91 Å². The zero-order chi connectivity index (χ0) is 7.28. The second kappa shape index (κ2) is 4.14. The van der Waals surface area contributed by atoms with E-state index in [1.807, 2.05) is 0 Å². The summed E-state index contributed by atoms with van der Waals surface area (Å²) in [5, 5.41) is 9.57. The molecule has 9 heavy (non-hydrogen) atoms. The number of nitrogens with one attached hydrogen (secondary N) is 1. The first-order valence-electron chi connectivity index (χ1n) is 2.25. The molecular weight excluding hydrogens is 146 g/mol. The van der Waals surface area contributed by atoms with E-state index in [4.69, 9.17) is 16.7 Å². The third kappa shape index (κ3) is 5.10. The van der Waals surface area contributed by atoms with Crippen LogP contribution in [0.1, 0.15) is 6.42 Å². The van der Waals surface area contributed by atoms with Crippen molar-refractivity contribution < 1.29 is 14.7 Å². The maximum Gasteiger partial charge on any atom is 0.411 e. The largest absolute Gasteiger partial charge is 0.465 e. The summed E-state index contributed by atoms with van der Waals surface area (Å²) in [6, 6.07) is 0. The van der Waals surface area contributed by atoms with Gasteiger partial charge in [0.05, 0.1) is 0 Å². The first-order chi connectivity index (χ1) is 4.16. The van der Waals surface area contributed by atoms with Crippen molar-refractivity contribution in [3.63, 3.8) is 0 Å². The Bertz CT molecular complexity index is 125. The molecule has 0 radical (unpaired) electrons. The predicted molar refractivity (Wildman–Crippen MR) is 31.5 cm³/mol. The summed E-state index contributed by atoms with van der Waals surface area (Å²) in [6.45, 7) is 0. The topological polar surface area (TPSA) is 66.4 Å². The van der Waals surface area contributed by atoms with Gasteiger partial charge >= 0.3 is 6.09 Å². The Balaban J connectivity index is 3.39. The number of hydrogen-bond acceptors (Lipinski definition) is 2. The van der Waals surface area contributed by atoms with Crippen molar-refractivity contribution >= 4 is 23.6 Å². The molecule has 0 atom stereocenters. The molecule has 0 bridgehead atoms. The third-order valence-corrected chi connectivity index (χ3v) is 0.757. The number of amides is 2. The minimum atomic E-state index is -1.34. The lowest BCUT2D eigenvalue weighted by molar-refractivity contribution is -0.119. The molecule has 0 fully saturated rings. The molecule has 0 aromatic rings. The fraction of sp³-hybridized carbons (Fsp3) is 0.500. The smallest absolute Gasteiger partial charge is 0.411 e. The highest BCUT2D eigenvalue weighted by Crippen LogP contribution is 1.82. The number of carboxylic acid groups (broad SMARTS) is 1. The summed E-state index contributed by atoms with van der Waals surface area (Å²) in [5.74, 6) is -0.434. The predicted octanol–water partition coefficient (Wildman–Crippen LogP) is 0.409. The third-order valence-electron chi connectivity index (χ3n) is 0.568. The van der Waals surface area contributed by atoms with E-state index in [-0.39, 0.29) is 12.3 Å². The maximum absolute atomic E-state index is 10.3. The molecule has 5 heteroatoms. The van der Waals surface area contributed by atoms with Crippen LogP contribution in [0.4, 0.5) is 4.79 Å². The number of hydrogen-bond donors (Lipinski definition) is 2. The van der Waals surface area contributed by atoms with Gasteiger partial charge in [0.25, 0.3) is 0 Å². The number of rotatable bonds is 2.